The average Bonchev–Trinajstić information content (AvgIpc) is 3.15. The van der Waals surface area contributed by atoms with Crippen LogP contribution >= 0.6 is 11.6 Å². The lowest BCUT2D eigenvalue weighted by atomic mass is 9.98. The number of benzene rings is 1. The fourth-order valence-electron chi connectivity index (χ4n) is 3.83. The Morgan fingerprint density at radius 3 is 2.64 bits per heavy atom. The Labute approximate surface area is 200 Å². The minimum absolute atomic E-state index is 0.0274. The number of hydrogen-bond donors (Lipinski definition) is 3. The SMILES string of the molecule is CCCC[C@@H](CC)C(=O)NC(=NCCc1c[nH]c2ccc(Cl)cc12)Nc1nc(C)cc(C)n1. The van der Waals surface area contributed by atoms with E-state index >= 15 is 0 Å². The number of rotatable bonds is 9. The number of halogens is 1. The molecule has 0 aliphatic rings. The molecule has 3 rings (SSSR count). The third kappa shape index (κ3) is 7.02. The lowest BCUT2D eigenvalue weighted by molar-refractivity contribution is -0.123. The molecular formula is C25H33ClN6O. The van der Waals surface area contributed by atoms with E-state index < -0.39 is 0 Å². The molecule has 0 fully saturated rings. The second kappa shape index (κ2) is 11.8. The number of hydrogen-bond acceptors (Lipinski definition) is 4. The standard InChI is InChI=1S/C25H33ClN6O/c1-5-7-8-18(6-2)23(33)31-24(32-25-29-16(3)13-17(4)30-25)27-12-11-19-15-28-22-10-9-20(26)14-21(19)22/h9-10,13-15,18,28H,5-8,11-12H2,1-4H3,(H2,27,29,30,31,32,33)/t18-/m1/s1. The largest absolute Gasteiger partial charge is 0.361 e. The van der Waals surface area contributed by atoms with Crippen molar-refractivity contribution in [3.63, 3.8) is 0 Å². The molecule has 2 heterocycles. The number of carbonyl (C=O) groups is 1. The Hall–Kier alpha value is -2.93. The van der Waals surface area contributed by atoms with Crippen molar-refractivity contribution >= 4 is 40.3 Å². The molecular weight excluding hydrogens is 436 g/mol. The monoisotopic (exact) mass is 468 g/mol. The maximum Gasteiger partial charge on any atom is 0.229 e. The number of unbranched alkanes of at least 4 members (excludes halogenated alkanes) is 1. The van der Waals surface area contributed by atoms with Crippen LogP contribution in [0.5, 0.6) is 0 Å². The zero-order valence-corrected chi connectivity index (χ0v) is 20.6. The first-order valence-corrected chi connectivity index (χ1v) is 12.0. The van der Waals surface area contributed by atoms with Crippen LogP contribution in [0.3, 0.4) is 0 Å². The van der Waals surface area contributed by atoms with E-state index in [9.17, 15) is 4.79 Å². The molecule has 1 atom stereocenters. The van der Waals surface area contributed by atoms with Gasteiger partial charge in [-0.15, -0.1) is 0 Å². The van der Waals surface area contributed by atoms with Crippen LogP contribution in [-0.4, -0.2) is 33.4 Å². The molecule has 1 amide bonds. The Balaban J connectivity index is 1.77. The van der Waals surface area contributed by atoms with E-state index in [2.05, 4.69) is 37.5 Å². The van der Waals surface area contributed by atoms with Crippen molar-refractivity contribution in [3.8, 4) is 0 Å². The average molecular weight is 469 g/mol. The van der Waals surface area contributed by atoms with Gasteiger partial charge in [0.2, 0.25) is 17.8 Å². The molecule has 2 aromatic heterocycles. The van der Waals surface area contributed by atoms with Crippen molar-refractivity contribution in [2.24, 2.45) is 10.9 Å². The van der Waals surface area contributed by atoms with E-state index in [1.807, 2.05) is 51.2 Å². The minimum atomic E-state index is -0.0483. The Kier molecular flexibility index (Phi) is 8.83. The van der Waals surface area contributed by atoms with Crippen molar-refractivity contribution in [1.82, 2.24) is 20.3 Å². The van der Waals surface area contributed by atoms with Gasteiger partial charge in [-0.25, -0.2) is 9.97 Å². The summed E-state index contributed by atoms with van der Waals surface area (Å²) >= 11 is 6.17. The lowest BCUT2D eigenvalue weighted by Gasteiger charge is -2.16. The second-order valence-corrected chi connectivity index (χ2v) is 8.76. The van der Waals surface area contributed by atoms with E-state index in [0.717, 1.165) is 53.5 Å². The van der Waals surface area contributed by atoms with Crippen molar-refractivity contribution in [1.29, 1.82) is 0 Å². The van der Waals surface area contributed by atoms with Gasteiger partial charge in [-0.3, -0.25) is 20.4 Å². The minimum Gasteiger partial charge on any atom is -0.361 e. The summed E-state index contributed by atoms with van der Waals surface area (Å²) in [7, 11) is 0. The maximum atomic E-state index is 12.9. The van der Waals surface area contributed by atoms with Crippen LogP contribution in [0, 0.1) is 19.8 Å². The summed E-state index contributed by atoms with van der Waals surface area (Å²) in [5.74, 6) is 0.721. The van der Waals surface area contributed by atoms with Gasteiger partial charge in [0.1, 0.15) is 0 Å². The number of amides is 1. The number of aliphatic imine (C=N–C) groups is 1. The first-order chi connectivity index (χ1) is 15.9. The van der Waals surface area contributed by atoms with Gasteiger partial charge >= 0.3 is 0 Å². The van der Waals surface area contributed by atoms with Crippen molar-refractivity contribution in [3.05, 3.63) is 52.4 Å². The summed E-state index contributed by atoms with van der Waals surface area (Å²) in [5, 5.41) is 7.88. The lowest BCUT2D eigenvalue weighted by Crippen LogP contribution is -2.40. The van der Waals surface area contributed by atoms with Gasteiger partial charge in [0, 0.05) is 46.0 Å². The van der Waals surface area contributed by atoms with E-state index in [1.54, 1.807) is 0 Å². The van der Waals surface area contributed by atoms with Crippen LogP contribution in [0.1, 0.15) is 56.5 Å². The molecule has 0 bridgehead atoms. The van der Waals surface area contributed by atoms with Gasteiger partial charge in [0.05, 0.1) is 0 Å². The van der Waals surface area contributed by atoms with E-state index in [4.69, 9.17) is 11.6 Å². The predicted octanol–water partition coefficient (Wildman–Crippen LogP) is 5.57. The molecule has 0 unspecified atom stereocenters. The highest BCUT2D eigenvalue weighted by Gasteiger charge is 2.18. The summed E-state index contributed by atoms with van der Waals surface area (Å²) < 4.78 is 0. The van der Waals surface area contributed by atoms with Gasteiger partial charge < -0.3 is 4.98 Å². The van der Waals surface area contributed by atoms with Crippen LogP contribution in [-0.2, 0) is 11.2 Å². The third-order valence-electron chi connectivity index (χ3n) is 5.60. The van der Waals surface area contributed by atoms with E-state index in [0.29, 0.717) is 29.9 Å². The zero-order chi connectivity index (χ0) is 23.8. The van der Waals surface area contributed by atoms with E-state index in [-0.39, 0.29) is 11.8 Å². The van der Waals surface area contributed by atoms with Crippen LogP contribution < -0.4 is 10.6 Å². The van der Waals surface area contributed by atoms with Crippen LogP contribution in [0.2, 0.25) is 5.02 Å². The van der Waals surface area contributed by atoms with Gasteiger partial charge in [0.15, 0.2) is 0 Å². The highest BCUT2D eigenvalue weighted by atomic mass is 35.5. The number of nitrogens with zero attached hydrogens (tertiary/aromatic N) is 3. The second-order valence-electron chi connectivity index (χ2n) is 8.32. The quantitative estimate of drug-likeness (QED) is 0.282. The first-order valence-electron chi connectivity index (χ1n) is 11.6. The molecule has 8 heteroatoms. The molecule has 3 N–H and O–H groups in total. The summed E-state index contributed by atoms with van der Waals surface area (Å²) in [6.07, 6.45) is 6.41. The van der Waals surface area contributed by atoms with Gasteiger partial charge in [0.25, 0.3) is 0 Å². The van der Waals surface area contributed by atoms with Gasteiger partial charge in [-0.05, 0) is 62.9 Å². The molecule has 0 saturated heterocycles. The Morgan fingerprint density at radius 2 is 1.94 bits per heavy atom. The van der Waals surface area contributed by atoms with Crippen molar-refractivity contribution in [2.75, 3.05) is 11.9 Å². The smallest absolute Gasteiger partial charge is 0.229 e. The molecule has 176 valence electrons. The zero-order valence-electron chi connectivity index (χ0n) is 19.8. The maximum absolute atomic E-state index is 12.9. The fraction of sp³-hybridized carbons (Fsp3) is 0.440. The normalized spacial score (nSPS) is 12.7. The highest BCUT2D eigenvalue weighted by Crippen LogP contribution is 2.22. The van der Waals surface area contributed by atoms with E-state index in [1.165, 1.54) is 0 Å². The Bertz CT molecular complexity index is 1100. The third-order valence-corrected chi connectivity index (χ3v) is 5.84. The van der Waals surface area contributed by atoms with Crippen molar-refractivity contribution < 1.29 is 4.79 Å². The Morgan fingerprint density at radius 1 is 1.18 bits per heavy atom. The molecule has 0 spiro atoms. The molecule has 33 heavy (non-hydrogen) atoms. The van der Waals surface area contributed by atoms with Crippen molar-refractivity contribution in [2.45, 2.75) is 59.8 Å². The predicted molar refractivity (Wildman–Crippen MR) is 136 cm³/mol. The molecule has 0 saturated carbocycles. The number of aromatic nitrogens is 3. The van der Waals surface area contributed by atoms with Crippen LogP contribution in [0.25, 0.3) is 10.9 Å². The molecule has 3 aromatic rings. The topological polar surface area (TPSA) is 95.1 Å². The number of aryl methyl sites for hydroxylation is 2. The van der Waals surface area contributed by atoms with Gasteiger partial charge in [-0.2, -0.15) is 0 Å². The van der Waals surface area contributed by atoms with Crippen LogP contribution in [0.4, 0.5) is 5.95 Å². The first kappa shape index (κ1) is 24.7. The molecule has 0 aliphatic heterocycles. The number of aromatic amines is 1. The number of carbonyl (C=O) groups excluding carboxylic acids is 1. The summed E-state index contributed by atoms with van der Waals surface area (Å²) in [5.41, 5.74) is 3.86. The van der Waals surface area contributed by atoms with Crippen LogP contribution in [0.15, 0.2) is 35.5 Å². The number of fused-ring (bicyclic) bond motifs is 1. The number of nitrogens with one attached hydrogen (secondary N) is 3. The molecule has 7 nitrogen and oxygen atoms in total. The molecule has 1 aromatic carbocycles. The number of anilines is 1. The van der Waals surface area contributed by atoms with Gasteiger partial charge in [-0.1, -0.05) is 38.3 Å². The highest BCUT2D eigenvalue weighted by molar-refractivity contribution is 6.31. The number of H-pyrrole nitrogens is 1. The summed E-state index contributed by atoms with van der Waals surface area (Å²) in [6.45, 7) is 8.48. The molecule has 0 aliphatic carbocycles. The summed E-state index contributed by atoms with van der Waals surface area (Å²) in [6, 6.07) is 7.69. The summed E-state index contributed by atoms with van der Waals surface area (Å²) in [4.78, 5) is 29.7. The number of guanidine groups is 1. The fourth-order valence-corrected chi connectivity index (χ4v) is 4.01. The molecule has 0 radical (unpaired) electrons.